The smallest absolute Gasteiger partial charge is 0.331 e. The minimum absolute atomic E-state index is 0.0763. The predicted octanol–water partition coefficient (Wildman–Crippen LogP) is 2.05. The summed E-state index contributed by atoms with van der Waals surface area (Å²) in [7, 11) is 1.29. The van der Waals surface area contributed by atoms with Crippen molar-refractivity contribution in [2.75, 3.05) is 7.11 Å². The second-order valence-electron chi connectivity index (χ2n) is 6.37. The lowest BCUT2D eigenvalue weighted by Crippen LogP contribution is -2.51. The summed E-state index contributed by atoms with van der Waals surface area (Å²) in [5, 5.41) is 5.58. The molecule has 25 heavy (non-hydrogen) atoms. The molecule has 1 aliphatic carbocycles. The largest absolute Gasteiger partial charge is 0.467 e. The number of carbonyl (C=O) groups is 3. The summed E-state index contributed by atoms with van der Waals surface area (Å²) in [6, 6.07) is 7.30. The van der Waals surface area contributed by atoms with Crippen LogP contribution in [0.4, 0.5) is 0 Å². The number of carbonyl (C=O) groups excluding carboxylic acids is 3. The summed E-state index contributed by atoms with van der Waals surface area (Å²) in [5.74, 6) is -0.944. The summed E-state index contributed by atoms with van der Waals surface area (Å²) in [6.07, 6.45) is 5.50. The minimum Gasteiger partial charge on any atom is -0.467 e. The van der Waals surface area contributed by atoms with Gasteiger partial charge in [0.25, 0.3) is 5.91 Å². The van der Waals surface area contributed by atoms with Crippen LogP contribution < -0.4 is 10.6 Å². The van der Waals surface area contributed by atoms with E-state index >= 15 is 0 Å². The number of benzene rings is 1. The molecule has 2 N–H and O–H groups in total. The monoisotopic (exact) mass is 344 g/mol. The Hall–Kier alpha value is -2.63. The van der Waals surface area contributed by atoms with Gasteiger partial charge in [0.15, 0.2) is 0 Å². The zero-order valence-corrected chi connectivity index (χ0v) is 14.8. The first kappa shape index (κ1) is 18.7. The zero-order chi connectivity index (χ0) is 18.4. The van der Waals surface area contributed by atoms with Gasteiger partial charge in [0, 0.05) is 17.7 Å². The lowest BCUT2D eigenvalue weighted by molar-refractivity contribution is -0.149. The molecular weight excluding hydrogens is 320 g/mol. The summed E-state index contributed by atoms with van der Waals surface area (Å²) < 4.78 is 4.72. The number of ether oxygens (including phenoxy) is 1. The van der Waals surface area contributed by atoms with Crippen LogP contribution in [-0.2, 0) is 14.3 Å². The quantitative estimate of drug-likeness (QED) is 0.586. The maximum absolute atomic E-state index is 12.0. The molecule has 1 aromatic carbocycles. The Bertz CT molecular complexity index is 677. The first-order chi connectivity index (χ1) is 11.9. The molecule has 2 rings (SSSR count). The van der Waals surface area contributed by atoms with E-state index in [-0.39, 0.29) is 11.8 Å². The average Bonchev–Trinajstić information content (AvgIpc) is 3.43. The van der Waals surface area contributed by atoms with Gasteiger partial charge in [-0.25, -0.2) is 4.79 Å². The Morgan fingerprint density at radius 1 is 1.24 bits per heavy atom. The van der Waals surface area contributed by atoms with E-state index in [0.29, 0.717) is 18.0 Å². The van der Waals surface area contributed by atoms with Crippen LogP contribution in [0.1, 0.15) is 49.0 Å². The van der Waals surface area contributed by atoms with Crippen LogP contribution in [0.3, 0.4) is 0 Å². The lowest BCUT2D eigenvalue weighted by atomic mass is 9.99. The Labute approximate surface area is 147 Å². The molecule has 1 aromatic rings. The number of hydrogen-bond donors (Lipinski definition) is 2. The number of nitrogens with one attached hydrogen (secondary N) is 2. The molecule has 6 nitrogen and oxygen atoms in total. The molecule has 0 saturated heterocycles. The number of esters is 1. The second kappa shape index (κ2) is 7.96. The highest BCUT2D eigenvalue weighted by atomic mass is 16.5. The molecule has 0 spiro atoms. The Balaban J connectivity index is 1.94. The molecule has 0 heterocycles. The third kappa shape index (κ3) is 5.17. The van der Waals surface area contributed by atoms with E-state index < -0.39 is 11.5 Å². The number of rotatable bonds is 7. The maximum Gasteiger partial charge on any atom is 0.331 e. The van der Waals surface area contributed by atoms with Gasteiger partial charge in [0.05, 0.1) is 7.11 Å². The van der Waals surface area contributed by atoms with Crippen LogP contribution in [0.15, 0.2) is 30.3 Å². The van der Waals surface area contributed by atoms with Crippen LogP contribution in [-0.4, -0.2) is 36.5 Å². The molecule has 1 fully saturated rings. The van der Waals surface area contributed by atoms with Gasteiger partial charge in [-0.05, 0) is 50.0 Å². The molecule has 1 atom stereocenters. The standard InChI is InChI=1S/C19H24N2O4/c1-4-19(2,18(24)25-3)21-16(22)12-7-13-5-8-14(9-6-13)17(23)20-15-10-11-15/h5-9,12,15H,4,10-11H2,1-3H3,(H,20,23)(H,21,22)/b12-7+/t19-/m0/s1. The van der Waals surface area contributed by atoms with Gasteiger partial charge in [0.1, 0.15) is 5.54 Å². The van der Waals surface area contributed by atoms with Gasteiger partial charge in [0.2, 0.25) is 5.91 Å². The van der Waals surface area contributed by atoms with Crippen molar-refractivity contribution < 1.29 is 19.1 Å². The molecular formula is C19H24N2O4. The predicted molar refractivity (Wildman–Crippen MR) is 94.8 cm³/mol. The van der Waals surface area contributed by atoms with Crippen molar-refractivity contribution >= 4 is 23.9 Å². The summed E-state index contributed by atoms with van der Waals surface area (Å²) in [5.41, 5.74) is 0.327. The number of amides is 2. The van der Waals surface area contributed by atoms with Crippen molar-refractivity contribution in [3.05, 3.63) is 41.5 Å². The highest BCUT2D eigenvalue weighted by Gasteiger charge is 2.33. The fraction of sp³-hybridized carbons (Fsp3) is 0.421. The Morgan fingerprint density at radius 2 is 1.88 bits per heavy atom. The van der Waals surface area contributed by atoms with Crippen molar-refractivity contribution in [2.24, 2.45) is 0 Å². The molecule has 0 bridgehead atoms. The van der Waals surface area contributed by atoms with Crippen LogP contribution in [0.5, 0.6) is 0 Å². The van der Waals surface area contributed by atoms with Crippen LogP contribution in [0, 0.1) is 0 Å². The minimum atomic E-state index is -1.05. The van der Waals surface area contributed by atoms with Crippen LogP contribution >= 0.6 is 0 Å². The van der Waals surface area contributed by atoms with E-state index in [2.05, 4.69) is 10.6 Å². The lowest BCUT2D eigenvalue weighted by Gasteiger charge is -2.25. The van der Waals surface area contributed by atoms with Gasteiger partial charge in [-0.1, -0.05) is 19.1 Å². The first-order valence-electron chi connectivity index (χ1n) is 8.37. The normalized spacial score (nSPS) is 16.1. The van der Waals surface area contributed by atoms with Gasteiger partial charge >= 0.3 is 5.97 Å². The van der Waals surface area contributed by atoms with E-state index in [1.807, 2.05) is 0 Å². The van der Waals surface area contributed by atoms with E-state index in [0.717, 1.165) is 18.4 Å². The van der Waals surface area contributed by atoms with Gasteiger partial charge in [-0.3, -0.25) is 9.59 Å². The Morgan fingerprint density at radius 3 is 2.40 bits per heavy atom. The maximum atomic E-state index is 12.0. The van der Waals surface area contributed by atoms with Gasteiger partial charge in [-0.2, -0.15) is 0 Å². The van der Waals surface area contributed by atoms with Crippen molar-refractivity contribution in [3.63, 3.8) is 0 Å². The molecule has 0 aromatic heterocycles. The van der Waals surface area contributed by atoms with E-state index in [4.69, 9.17) is 4.74 Å². The van der Waals surface area contributed by atoms with Crippen molar-refractivity contribution in [1.82, 2.24) is 10.6 Å². The summed E-state index contributed by atoms with van der Waals surface area (Å²) >= 11 is 0. The SMILES string of the molecule is CC[C@](C)(NC(=O)/C=C/c1ccc(C(=O)NC2CC2)cc1)C(=O)OC. The van der Waals surface area contributed by atoms with E-state index in [1.165, 1.54) is 13.2 Å². The van der Waals surface area contributed by atoms with Crippen molar-refractivity contribution in [1.29, 1.82) is 0 Å². The molecule has 2 amide bonds. The molecule has 0 radical (unpaired) electrons. The van der Waals surface area contributed by atoms with E-state index in [1.54, 1.807) is 44.2 Å². The van der Waals surface area contributed by atoms with Gasteiger partial charge < -0.3 is 15.4 Å². The molecule has 0 unspecified atom stereocenters. The molecule has 1 aliphatic rings. The first-order valence-corrected chi connectivity index (χ1v) is 8.37. The van der Waals surface area contributed by atoms with Crippen molar-refractivity contribution in [2.45, 2.75) is 44.7 Å². The average molecular weight is 344 g/mol. The molecule has 134 valence electrons. The summed E-state index contributed by atoms with van der Waals surface area (Å²) in [6.45, 7) is 3.42. The second-order valence-corrected chi connectivity index (χ2v) is 6.37. The fourth-order valence-corrected chi connectivity index (χ4v) is 2.24. The van der Waals surface area contributed by atoms with Crippen LogP contribution in [0.2, 0.25) is 0 Å². The molecule has 1 saturated carbocycles. The fourth-order valence-electron chi connectivity index (χ4n) is 2.24. The molecule has 0 aliphatic heterocycles. The highest BCUT2D eigenvalue weighted by Crippen LogP contribution is 2.19. The van der Waals surface area contributed by atoms with Gasteiger partial charge in [-0.15, -0.1) is 0 Å². The topological polar surface area (TPSA) is 84.5 Å². The summed E-state index contributed by atoms with van der Waals surface area (Å²) in [4.78, 5) is 35.7. The third-order valence-electron chi connectivity index (χ3n) is 4.25. The van der Waals surface area contributed by atoms with E-state index in [9.17, 15) is 14.4 Å². The highest BCUT2D eigenvalue weighted by molar-refractivity contribution is 5.97. The zero-order valence-electron chi connectivity index (χ0n) is 14.8. The Kier molecular flexibility index (Phi) is 5.96. The van der Waals surface area contributed by atoms with Crippen molar-refractivity contribution in [3.8, 4) is 0 Å². The van der Waals surface area contributed by atoms with Crippen LogP contribution in [0.25, 0.3) is 6.08 Å². The third-order valence-corrected chi connectivity index (χ3v) is 4.25. The number of methoxy groups -OCH3 is 1. The molecule has 6 heteroatoms. The number of hydrogen-bond acceptors (Lipinski definition) is 4.